The lowest BCUT2D eigenvalue weighted by Gasteiger charge is -2.13. The summed E-state index contributed by atoms with van der Waals surface area (Å²) >= 11 is 0. The highest BCUT2D eigenvalue weighted by atomic mass is 16.5. The van der Waals surface area contributed by atoms with Gasteiger partial charge < -0.3 is 10.5 Å². The van der Waals surface area contributed by atoms with Gasteiger partial charge >= 0.3 is 5.97 Å². The smallest absolute Gasteiger partial charge is 0.326 e. The number of benzene rings is 1. The Balaban J connectivity index is 1.87. The molecule has 2 atom stereocenters. The Morgan fingerprint density at radius 3 is 2.65 bits per heavy atom. The zero-order valence-corrected chi connectivity index (χ0v) is 10.3. The van der Waals surface area contributed by atoms with Gasteiger partial charge in [0.25, 0.3) is 0 Å². The number of carbonyl (C=O) groups is 1. The molecule has 1 aliphatic carbocycles. The molecular formula is C14H19NO2. The zero-order valence-electron chi connectivity index (χ0n) is 10.3. The molecule has 2 rings (SSSR count). The Hall–Kier alpha value is -1.35. The van der Waals surface area contributed by atoms with Crippen LogP contribution in [0.15, 0.2) is 30.3 Å². The molecule has 1 fully saturated rings. The van der Waals surface area contributed by atoms with Crippen LogP contribution in [0.1, 0.15) is 25.8 Å². The van der Waals surface area contributed by atoms with Crippen molar-refractivity contribution in [3.8, 4) is 0 Å². The van der Waals surface area contributed by atoms with Crippen LogP contribution in [0.5, 0.6) is 0 Å². The first-order valence-electron chi connectivity index (χ1n) is 6.04. The number of carbonyl (C=O) groups excluding carboxylic acids is 1. The standard InChI is InChI=1S/C14H19NO2/c1-10(2)12-8-14(12,15)13(16)17-9-11-6-4-3-5-7-11/h3-7,10,12H,8-9,15H2,1-2H3. The maximum absolute atomic E-state index is 11.9. The minimum Gasteiger partial charge on any atom is -0.459 e. The third-order valence-electron chi connectivity index (χ3n) is 3.46. The molecule has 2 N–H and O–H groups in total. The third-order valence-corrected chi connectivity index (χ3v) is 3.46. The van der Waals surface area contributed by atoms with Gasteiger partial charge in [0, 0.05) is 0 Å². The zero-order chi connectivity index (χ0) is 12.5. The van der Waals surface area contributed by atoms with Gasteiger partial charge in [-0.05, 0) is 23.8 Å². The van der Waals surface area contributed by atoms with Gasteiger partial charge in [0.15, 0.2) is 0 Å². The first-order chi connectivity index (χ1) is 8.04. The summed E-state index contributed by atoms with van der Waals surface area (Å²) in [6, 6.07) is 9.66. The summed E-state index contributed by atoms with van der Waals surface area (Å²) in [5.41, 5.74) is 6.28. The SMILES string of the molecule is CC(C)C1CC1(N)C(=O)OCc1ccccc1. The van der Waals surface area contributed by atoms with Crippen molar-refractivity contribution in [2.24, 2.45) is 17.6 Å². The predicted octanol–water partition coefficient (Wildman–Crippen LogP) is 2.10. The molecule has 3 nitrogen and oxygen atoms in total. The van der Waals surface area contributed by atoms with E-state index in [9.17, 15) is 4.79 Å². The second kappa shape index (κ2) is 4.49. The first kappa shape index (κ1) is 12.1. The normalized spacial score (nSPS) is 26.9. The highest BCUT2D eigenvalue weighted by Crippen LogP contribution is 2.47. The Labute approximate surface area is 102 Å². The number of esters is 1. The van der Waals surface area contributed by atoms with Gasteiger partial charge in [-0.1, -0.05) is 44.2 Å². The van der Waals surface area contributed by atoms with Crippen LogP contribution in [-0.4, -0.2) is 11.5 Å². The average Bonchev–Trinajstić information content (AvgIpc) is 3.02. The summed E-state index contributed by atoms with van der Waals surface area (Å²) in [6.07, 6.45) is 0.748. The summed E-state index contributed by atoms with van der Waals surface area (Å²) in [5.74, 6) is 0.440. The Morgan fingerprint density at radius 2 is 2.12 bits per heavy atom. The Morgan fingerprint density at radius 1 is 1.47 bits per heavy atom. The molecule has 0 aromatic heterocycles. The highest BCUT2D eigenvalue weighted by Gasteiger charge is 2.59. The summed E-state index contributed by atoms with van der Waals surface area (Å²) in [7, 11) is 0. The van der Waals surface area contributed by atoms with Crippen molar-refractivity contribution in [2.45, 2.75) is 32.4 Å². The molecule has 0 saturated heterocycles. The third kappa shape index (κ3) is 2.50. The van der Waals surface area contributed by atoms with E-state index in [2.05, 4.69) is 13.8 Å². The van der Waals surface area contributed by atoms with Crippen molar-refractivity contribution in [1.82, 2.24) is 0 Å². The van der Waals surface area contributed by atoms with E-state index < -0.39 is 5.54 Å². The number of nitrogens with two attached hydrogens (primary N) is 1. The van der Waals surface area contributed by atoms with Crippen LogP contribution in [-0.2, 0) is 16.1 Å². The summed E-state index contributed by atoms with van der Waals surface area (Å²) < 4.78 is 5.27. The molecule has 0 spiro atoms. The molecule has 0 aliphatic heterocycles. The summed E-state index contributed by atoms with van der Waals surface area (Å²) in [5, 5.41) is 0. The van der Waals surface area contributed by atoms with E-state index in [1.54, 1.807) is 0 Å². The average molecular weight is 233 g/mol. The lowest BCUT2D eigenvalue weighted by Crippen LogP contribution is -2.38. The minimum atomic E-state index is -0.733. The molecule has 3 heteroatoms. The number of ether oxygens (including phenoxy) is 1. The molecule has 1 aromatic rings. The second-order valence-corrected chi connectivity index (χ2v) is 5.16. The summed E-state index contributed by atoms with van der Waals surface area (Å²) in [4.78, 5) is 11.9. The molecule has 0 amide bonds. The van der Waals surface area contributed by atoms with Crippen molar-refractivity contribution in [1.29, 1.82) is 0 Å². The van der Waals surface area contributed by atoms with E-state index in [1.165, 1.54) is 0 Å². The Kier molecular flexibility index (Phi) is 3.20. The van der Waals surface area contributed by atoms with Crippen molar-refractivity contribution in [3.05, 3.63) is 35.9 Å². The van der Waals surface area contributed by atoms with Crippen LogP contribution in [0.3, 0.4) is 0 Å². The molecule has 1 aliphatic rings. The van der Waals surface area contributed by atoms with Gasteiger partial charge in [-0.3, -0.25) is 4.79 Å². The van der Waals surface area contributed by atoms with Crippen LogP contribution in [0.2, 0.25) is 0 Å². The van der Waals surface area contributed by atoms with Crippen LogP contribution in [0.25, 0.3) is 0 Å². The van der Waals surface area contributed by atoms with Gasteiger partial charge in [0.05, 0.1) is 0 Å². The topological polar surface area (TPSA) is 52.3 Å². The molecule has 1 saturated carbocycles. The van der Waals surface area contributed by atoms with Gasteiger partial charge in [0.1, 0.15) is 12.1 Å². The van der Waals surface area contributed by atoms with E-state index in [0.29, 0.717) is 12.5 Å². The van der Waals surface area contributed by atoms with Crippen LogP contribution < -0.4 is 5.73 Å². The molecular weight excluding hydrogens is 214 g/mol. The summed E-state index contributed by atoms with van der Waals surface area (Å²) in [6.45, 7) is 4.48. The molecule has 0 heterocycles. The van der Waals surface area contributed by atoms with Gasteiger partial charge in [-0.15, -0.1) is 0 Å². The van der Waals surface area contributed by atoms with E-state index in [-0.39, 0.29) is 11.9 Å². The fourth-order valence-corrected chi connectivity index (χ4v) is 2.23. The van der Waals surface area contributed by atoms with Gasteiger partial charge in [-0.2, -0.15) is 0 Å². The van der Waals surface area contributed by atoms with Crippen molar-refractivity contribution < 1.29 is 9.53 Å². The number of hydrogen-bond donors (Lipinski definition) is 1. The molecule has 17 heavy (non-hydrogen) atoms. The van der Waals surface area contributed by atoms with Gasteiger partial charge in [0.2, 0.25) is 0 Å². The minimum absolute atomic E-state index is 0.264. The molecule has 0 radical (unpaired) electrons. The first-order valence-corrected chi connectivity index (χ1v) is 6.04. The van der Waals surface area contributed by atoms with E-state index in [1.807, 2.05) is 30.3 Å². The van der Waals surface area contributed by atoms with Crippen LogP contribution >= 0.6 is 0 Å². The van der Waals surface area contributed by atoms with Crippen LogP contribution in [0, 0.1) is 11.8 Å². The van der Waals surface area contributed by atoms with Crippen molar-refractivity contribution in [2.75, 3.05) is 0 Å². The van der Waals surface area contributed by atoms with E-state index >= 15 is 0 Å². The fourth-order valence-electron chi connectivity index (χ4n) is 2.23. The maximum Gasteiger partial charge on any atom is 0.326 e. The van der Waals surface area contributed by atoms with E-state index in [4.69, 9.17) is 10.5 Å². The van der Waals surface area contributed by atoms with Gasteiger partial charge in [-0.25, -0.2) is 0 Å². The van der Waals surface area contributed by atoms with Crippen LogP contribution in [0.4, 0.5) is 0 Å². The molecule has 1 aromatic carbocycles. The monoisotopic (exact) mass is 233 g/mol. The van der Waals surface area contributed by atoms with Crippen molar-refractivity contribution >= 4 is 5.97 Å². The molecule has 92 valence electrons. The van der Waals surface area contributed by atoms with E-state index in [0.717, 1.165) is 12.0 Å². The number of rotatable bonds is 4. The highest BCUT2D eigenvalue weighted by molar-refractivity contribution is 5.84. The predicted molar refractivity (Wildman–Crippen MR) is 66.1 cm³/mol. The lowest BCUT2D eigenvalue weighted by atomic mass is 10.0. The number of hydrogen-bond acceptors (Lipinski definition) is 3. The quantitative estimate of drug-likeness (QED) is 0.810. The largest absolute Gasteiger partial charge is 0.459 e. The Bertz CT molecular complexity index is 402. The fraction of sp³-hybridized carbons (Fsp3) is 0.500. The lowest BCUT2D eigenvalue weighted by molar-refractivity contribution is -0.148. The maximum atomic E-state index is 11.9. The molecule has 2 unspecified atom stereocenters. The second-order valence-electron chi connectivity index (χ2n) is 5.16. The van der Waals surface area contributed by atoms with Crippen molar-refractivity contribution in [3.63, 3.8) is 0 Å². The molecule has 0 bridgehead atoms.